The molecule has 0 bridgehead atoms. The number of benzene rings is 1. The first kappa shape index (κ1) is 25.1. The lowest BCUT2D eigenvalue weighted by atomic mass is 10.0. The topological polar surface area (TPSA) is 58.4 Å². The Hall–Kier alpha value is -1.98. The van der Waals surface area contributed by atoms with Crippen molar-refractivity contribution in [3.05, 3.63) is 41.6 Å². The number of nitrogens with zero attached hydrogens (tertiary/aromatic N) is 2. The lowest BCUT2D eigenvalue weighted by Crippen LogP contribution is -2.44. The maximum absolute atomic E-state index is 11.7. The molecule has 0 aliphatic carbocycles. The monoisotopic (exact) mass is 401 g/mol. The fraction of sp³-hybridized carbons (Fsp3) is 0.583. The van der Waals surface area contributed by atoms with Crippen molar-refractivity contribution in [2.24, 2.45) is 5.92 Å². The van der Waals surface area contributed by atoms with Crippen molar-refractivity contribution < 1.29 is 9.32 Å². The largest absolute Gasteiger partial charge is 0.356 e. The van der Waals surface area contributed by atoms with Crippen LogP contribution in [0.15, 0.2) is 34.9 Å². The van der Waals surface area contributed by atoms with Gasteiger partial charge in [-0.05, 0) is 33.2 Å². The lowest BCUT2D eigenvalue weighted by Gasteiger charge is -2.30. The molecule has 0 aliphatic rings. The highest BCUT2D eigenvalue weighted by Gasteiger charge is 2.22. The Kier molecular flexibility index (Phi) is 11.5. The molecule has 1 N–H and O–H groups in total. The van der Waals surface area contributed by atoms with Crippen LogP contribution in [0, 0.1) is 12.8 Å². The number of carbonyl (C=O) groups excluding carboxylic acids is 1. The standard InChI is InChI=1S/C21H31N3O2.C3H8/c1-15(2)10-20(14-25)24(12-17(4)22-5)13-19-11-21(26-23-19)18-8-6-16(3)7-9-18;1-3-2/h6-9,11,14-15,17,20,22H,10,12-13H2,1-5H3;3H2,1-2H3. The zero-order chi connectivity index (χ0) is 21.8. The van der Waals surface area contributed by atoms with Crippen LogP contribution in [0.4, 0.5) is 0 Å². The Labute approximate surface area is 176 Å². The first-order valence-corrected chi connectivity index (χ1v) is 10.7. The fourth-order valence-electron chi connectivity index (χ4n) is 2.98. The SMILES string of the molecule is CCC.CNC(C)CN(Cc1cc(-c2ccc(C)cc2)on1)C(C=O)CC(C)C. The number of hydrogen-bond acceptors (Lipinski definition) is 5. The number of likely N-dealkylation sites (N-methyl/N-ethyl adjacent to an activating group) is 1. The summed E-state index contributed by atoms with van der Waals surface area (Å²) in [6, 6.07) is 10.3. The zero-order valence-corrected chi connectivity index (χ0v) is 19.2. The number of aldehydes is 1. The van der Waals surface area contributed by atoms with E-state index in [0.717, 1.165) is 36.3 Å². The number of hydrogen-bond donors (Lipinski definition) is 1. The van der Waals surface area contributed by atoms with Gasteiger partial charge in [-0.3, -0.25) is 4.90 Å². The van der Waals surface area contributed by atoms with E-state index in [1.807, 2.05) is 25.2 Å². The second kappa shape index (κ2) is 13.3. The van der Waals surface area contributed by atoms with Crippen LogP contribution in [-0.2, 0) is 11.3 Å². The Morgan fingerprint density at radius 3 is 2.31 bits per heavy atom. The van der Waals surface area contributed by atoms with Crippen molar-refractivity contribution in [3.63, 3.8) is 0 Å². The van der Waals surface area contributed by atoms with Gasteiger partial charge in [-0.1, -0.05) is 69.1 Å². The van der Waals surface area contributed by atoms with Gasteiger partial charge in [0.05, 0.1) is 11.7 Å². The molecule has 0 fully saturated rings. The minimum Gasteiger partial charge on any atom is -0.356 e. The summed E-state index contributed by atoms with van der Waals surface area (Å²) < 4.78 is 5.54. The lowest BCUT2D eigenvalue weighted by molar-refractivity contribution is -0.113. The summed E-state index contributed by atoms with van der Waals surface area (Å²) >= 11 is 0. The highest BCUT2D eigenvalue weighted by Crippen LogP contribution is 2.22. The molecule has 2 unspecified atom stereocenters. The third kappa shape index (κ3) is 8.92. The summed E-state index contributed by atoms with van der Waals surface area (Å²) in [4.78, 5) is 13.9. The molecule has 2 rings (SSSR count). The quantitative estimate of drug-likeness (QED) is 0.562. The molecule has 5 nitrogen and oxygen atoms in total. The zero-order valence-electron chi connectivity index (χ0n) is 19.2. The number of aromatic nitrogens is 1. The van der Waals surface area contributed by atoms with Gasteiger partial charge in [-0.25, -0.2) is 0 Å². The minimum absolute atomic E-state index is 0.120. The van der Waals surface area contributed by atoms with E-state index in [4.69, 9.17) is 4.52 Å². The summed E-state index contributed by atoms with van der Waals surface area (Å²) in [5.41, 5.74) is 3.07. The molecule has 0 saturated heterocycles. The van der Waals surface area contributed by atoms with Crippen molar-refractivity contribution in [2.75, 3.05) is 13.6 Å². The van der Waals surface area contributed by atoms with E-state index in [1.54, 1.807) is 0 Å². The summed E-state index contributed by atoms with van der Waals surface area (Å²) in [6.07, 6.45) is 3.14. The first-order chi connectivity index (χ1) is 13.8. The number of nitrogens with one attached hydrogen (secondary N) is 1. The van der Waals surface area contributed by atoms with E-state index in [-0.39, 0.29) is 12.1 Å². The fourth-order valence-corrected chi connectivity index (χ4v) is 2.98. The molecule has 2 aromatic rings. The van der Waals surface area contributed by atoms with Gasteiger partial charge in [0.1, 0.15) is 6.29 Å². The average Bonchev–Trinajstić information content (AvgIpc) is 3.15. The molecule has 0 amide bonds. The van der Waals surface area contributed by atoms with Gasteiger partial charge >= 0.3 is 0 Å². The highest BCUT2D eigenvalue weighted by molar-refractivity contribution is 5.58. The third-order valence-electron chi connectivity index (χ3n) is 4.60. The van der Waals surface area contributed by atoms with Crippen molar-refractivity contribution in [1.82, 2.24) is 15.4 Å². The molecule has 1 heterocycles. The number of rotatable bonds is 10. The Bertz CT molecular complexity index is 694. The van der Waals surface area contributed by atoms with Crippen molar-refractivity contribution >= 4 is 6.29 Å². The van der Waals surface area contributed by atoms with Crippen LogP contribution >= 0.6 is 0 Å². The first-order valence-electron chi connectivity index (χ1n) is 10.7. The van der Waals surface area contributed by atoms with Gasteiger partial charge in [0, 0.05) is 30.8 Å². The smallest absolute Gasteiger partial charge is 0.167 e. The van der Waals surface area contributed by atoms with Gasteiger partial charge in [-0.2, -0.15) is 0 Å². The van der Waals surface area contributed by atoms with Crippen LogP contribution in [0.25, 0.3) is 11.3 Å². The average molecular weight is 402 g/mol. The molecular formula is C24H39N3O2. The van der Waals surface area contributed by atoms with E-state index >= 15 is 0 Å². The predicted octanol–water partition coefficient (Wildman–Crippen LogP) is 5.09. The van der Waals surface area contributed by atoms with Crippen LogP contribution in [-0.4, -0.2) is 42.0 Å². The van der Waals surface area contributed by atoms with Crippen molar-refractivity contribution in [1.29, 1.82) is 0 Å². The van der Waals surface area contributed by atoms with Gasteiger partial charge in [-0.15, -0.1) is 0 Å². The number of aryl methyl sites for hydroxylation is 1. The van der Waals surface area contributed by atoms with Crippen LogP contribution in [0.3, 0.4) is 0 Å². The number of carbonyl (C=O) groups is 1. The van der Waals surface area contributed by atoms with Crippen LogP contribution < -0.4 is 5.32 Å². The molecule has 2 atom stereocenters. The Morgan fingerprint density at radius 2 is 1.79 bits per heavy atom. The molecule has 0 aliphatic heterocycles. The molecule has 5 heteroatoms. The second-order valence-electron chi connectivity index (χ2n) is 8.21. The third-order valence-corrected chi connectivity index (χ3v) is 4.60. The molecular weight excluding hydrogens is 362 g/mol. The van der Waals surface area contributed by atoms with Gasteiger partial charge < -0.3 is 14.6 Å². The van der Waals surface area contributed by atoms with E-state index in [9.17, 15) is 4.79 Å². The summed E-state index contributed by atoms with van der Waals surface area (Å²) in [5, 5.41) is 7.48. The van der Waals surface area contributed by atoms with Crippen LogP contribution in [0.5, 0.6) is 0 Å². The molecule has 29 heavy (non-hydrogen) atoms. The summed E-state index contributed by atoms with van der Waals surface area (Å²) in [5.74, 6) is 1.21. The summed E-state index contributed by atoms with van der Waals surface area (Å²) in [7, 11) is 1.94. The molecule has 1 aromatic heterocycles. The van der Waals surface area contributed by atoms with E-state index in [0.29, 0.717) is 12.5 Å². The van der Waals surface area contributed by atoms with Crippen molar-refractivity contribution in [3.8, 4) is 11.3 Å². The predicted molar refractivity (Wildman–Crippen MR) is 121 cm³/mol. The van der Waals surface area contributed by atoms with E-state index in [2.05, 4.69) is 69.0 Å². The molecule has 0 saturated carbocycles. The second-order valence-corrected chi connectivity index (χ2v) is 8.21. The minimum atomic E-state index is -0.120. The van der Waals surface area contributed by atoms with Gasteiger partial charge in [0.2, 0.25) is 0 Å². The maximum atomic E-state index is 11.7. The van der Waals surface area contributed by atoms with Gasteiger partial charge in [0.25, 0.3) is 0 Å². The molecule has 1 aromatic carbocycles. The molecule has 0 radical (unpaired) electrons. The normalized spacial score (nSPS) is 13.1. The van der Waals surface area contributed by atoms with Crippen LogP contribution in [0.2, 0.25) is 0 Å². The van der Waals surface area contributed by atoms with E-state index in [1.165, 1.54) is 12.0 Å². The Morgan fingerprint density at radius 1 is 1.17 bits per heavy atom. The highest BCUT2D eigenvalue weighted by atomic mass is 16.5. The molecule has 0 spiro atoms. The summed E-state index contributed by atoms with van der Waals surface area (Å²) in [6.45, 7) is 14.1. The van der Waals surface area contributed by atoms with Crippen molar-refractivity contribution in [2.45, 2.75) is 73.0 Å². The van der Waals surface area contributed by atoms with Gasteiger partial charge in [0.15, 0.2) is 5.76 Å². The Balaban J connectivity index is 0.00000132. The maximum Gasteiger partial charge on any atom is 0.167 e. The molecule has 162 valence electrons. The van der Waals surface area contributed by atoms with E-state index < -0.39 is 0 Å². The van der Waals surface area contributed by atoms with Crippen LogP contribution in [0.1, 0.15) is 58.7 Å².